The number of hydrogen-bond donors (Lipinski definition) is 0. The van der Waals surface area contributed by atoms with E-state index in [4.69, 9.17) is 4.74 Å². The molecule has 3 nitrogen and oxygen atoms in total. The monoisotopic (exact) mass is 404 g/mol. The first-order valence-corrected chi connectivity index (χ1v) is 9.50. The van der Waals surface area contributed by atoms with Crippen LogP contribution < -0.4 is 0 Å². The quantitative estimate of drug-likeness (QED) is 0.387. The average molecular weight is 405 g/mol. The molecular formula is C25H25ClN2O. The number of rotatable bonds is 6. The van der Waals surface area contributed by atoms with Crippen LogP contribution in [-0.4, -0.2) is 9.55 Å². The van der Waals surface area contributed by atoms with E-state index in [0.29, 0.717) is 6.61 Å². The second kappa shape index (κ2) is 9.55. The zero-order chi connectivity index (χ0) is 19.3. The third-order valence-corrected chi connectivity index (χ3v) is 5.03. The zero-order valence-electron chi connectivity index (χ0n) is 16.7. The number of nitrogens with zero attached hydrogens (tertiary/aromatic N) is 2. The molecule has 0 N–H and O–H groups in total. The van der Waals surface area contributed by atoms with E-state index in [9.17, 15) is 0 Å². The first-order valence-electron chi connectivity index (χ1n) is 9.50. The van der Waals surface area contributed by atoms with Crippen LogP contribution in [0.25, 0.3) is 11.1 Å². The first kappa shape index (κ1) is 20.8. The molecule has 0 radical (unpaired) electrons. The third kappa shape index (κ3) is 4.76. The summed E-state index contributed by atoms with van der Waals surface area (Å²) in [6, 6.07) is 27.4. The molecule has 1 heterocycles. The smallest absolute Gasteiger partial charge is 0.124 e. The molecule has 0 aliphatic heterocycles. The lowest BCUT2D eigenvalue weighted by molar-refractivity contribution is 0.0622. The highest BCUT2D eigenvalue weighted by Gasteiger charge is 2.19. The number of benzene rings is 3. The molecule has 0 spiro atoms. The van der Waals surface area contributed by atoms with Crippen LogP contribution in [0.2, 0.25) is 0 Å². The molecule has 1 atom stereocenters. The Hall–Kier alpha value is -2.88. The van der Waals surface area contributed by atoms with E-state index >= 15 is 0 Å². The predicted octanol–water partition coefficient (Wildman–Crippen LogP) is 6.12. The van der Waals surface area contributed by atoms with Gasteiger partial charge in [-0.1, -0.05) is 72.8 Å². The van der Waals surface area contributed by atoms with Gasteiger partial charge >= 0.3 is 0 Å². The van der Waals surface area contributed by atoms with Crippen molar-refractivity contribution in [1.82, 2.24) is 9.55 Å². The minimum Gasteiger partial charge on any atom is -0.363 e. The van der Waals surface area contributed by atoms with Gasteiger partial charge in [-0.2, -0.15) is 0 Å². The first-order chi connectivity index (χ1) is 13.7. The lowest BCUT2D eigenvalue weighted by atomic mass is 9.96. The van der Waals surface area contributed by atoms with Gasteiger partial charge in [0, 0.05) is 7.05 Å². The Labute approximate surface area is 178 Å². The van der Waals surface area contributed by atoms with Gasteiger partial charge in [0.25, 0.3) is 0 Å². The van der Waals surface area contributed by atoms with Crippen LogP contribution >= 0.6 is 12.4 Å². The van der Waals surface area contributed by atoms with Crippen LogP contribution in [0.15, 0.2) is 91.4 Å². The molecule has 0 bridgehead atoms. The van der Waals surface area contributed by atoms with Gasteiger partial charge in [0.2, 0.25) is 0 Å². The van der Waals surface area contributed by atoms with Crippen molar-refractivity contribution in [3.8, 4) is 11.1 Å². The van der Waals surface area contributed by atoms with Crippen molar-refractivity contribution >= 4 is 12.4 Å². The van der Waals surface area contributed by atoms with E-state index in [1.54, 1.807) is 0 Å². The van der Waals surface area contributed by atoms with Gasteiger partial charge in [-0.3, -0.25) is 0 Å². The van der Waals surface area contributed by atoms with Crippen molar-refractivity contribution in [2.45, 2.75) is 19.6 Å². The molecular weight excluding hydrogens is 380 g/mol. The summed E-state index contributed by atoms with van der Waals surface area (Å²) in [6.45, 7) is 2.69. The van der Waals surface area contributed by atoms with Crippen molar-refractivity contribution in [2.75, 3.05) is 0 Å². The van der Waals surface area contributed by atoms with Crippen molar-refractivity contribution < 1.29 is 4.74 Å². The second-order valence-corrected chi connectivity index (χ2v) is 7.05. The number of aromatic nitrogens is 2. The summed E-state index contributed by atoms with van der Waals surface area (Å²) < 4.78 is 8.42. The third-order valence-electron chi connectivity index (χ3n) is 5.03. The summed E-state index contributed by atoms with van der Waals surface area (Å²) in [5, 5.41) is 0. The largest absolute Gasteiger partial charge is 0.363 e. The molecule has 29 heavy (non-hydrogen) atoms. The zero-order valence-corrected chi connectivity index (χ0v) is 17.5. The lowest BCUT2D eigenvalue weighted by Gasteiger charge is -2.20. The summed E-state index contributed by atoms with van der Waals surface area (Å²) in [7, 11) is 2.01. The van der Waals surface area contributed by atoms with E-state index in [2.05, 4.69) is 72.6 Å². The number of halogens is 1. The molecule has 4 rings (SSSR count). The van der Waals surface area contributed by atoms with Crippen molar-refractivity contribution in [1.29, 1.82) is 0 Å². The summed E-state index contributed by atoms with van der Waals surface area (Å²) in [6.07, 6.45) is 3.52. The summed E-state index contributed by atoms with van der Waals surface area (Å²) >= 11 is 0. The normalized spacial score (nSPS) is 11.7. The maximum atomic E-state index is 6.40. The summed E-state index contributed by atoms with van der Waals surface area (Å²) in [4.78, 5) is 4.30. The van der Waals surface area contributed by atoms with Crippen molar-refractivity contribution in [3.63, 3.8) is 0 Å². The molecule has 4 aromatic rings. The molecule has 0 amide bonds. The SMILES string of the molecule is Cc1ccccc1-c1cccc(C(OCc2ccccc2)c2cncn2C)c1.Cl. The highest BCUT2D eigenvalue weighted by Crippen LogP contribution is 2.31. The van der Waals surface area contributed by atoms with Crippen LogP contribution in [0.1, 0.15) is 28.5 Å². The Bertz CT molecular complexity index is 1060. The fourth-order valence-electron chi connectivity index (χ4n) is 3.49. The molecule has 4 heteroatoms. The molecule has 1 aromatic heterocycles. The van der Waals surface area contributed by atoms with E-state index in [1.165, 1.54) is 16.7 Å². The second-order valence-electron chi connectivity index (χ2n) is 7.05. The Balaban J connectivity index is 0.00000240. The van der Waals surface area contributed by atoms with E-state index < -0.39 is 0 Å². The predicted molar refractivity (Wildman–Crippen MR) is 120 cm³/mol. The molecule has 0 fully saturated rings. The van der Waals surface area contributed by atoms with Gasteiger partial charge in [0.15, 0.2) is 0 Å². The lowest BCUT2D eigenvalue weighted by Crippen LogP contribution is -2.10. The number of hydrogen-bond acceptors (Lipinski definition) is 2. The Morgan fingerprint density at radius 3 is 2.41 bits per heavy atom. The Kier molecular flexibility index (Phi) is 6.86. The molecule has 0 aliphatic rings. The van der Waals surface area contributed by atoms with Crippen LogP contribution in [0.3, 0.4) is 0 Å². The highest BCUT2D eigenvalue weighted by molar-refractivity contribution is 5.85. The summed E-state index contributed by atoms with van der Waals surface area (Å²) in [5.41, 5.74) is 7.03. The van der Waals surface area contributed by atoms with Crippen LogP contribution in [-0.2, 0) is 18.4 Å². The van der Waals surface area contributed by atoms with E-state index in [0.717, 1.165) is 16.8 Å². The fourth-order valence-corrected chi connectivity index (χ4v) is 3.49. The molecule has 0 saturated carbocycles. The highest BCUT2D eigenvalue weighted by atomic mass is 35.5. The number of ether oxygens (including phenoxy) is 1. The maximum Gasteiger partial charge on any atom is 0.124 e. The van der Waals surface area contributed by atoms with Crippen molar-refractivity contribution in [3.05, 3.63) is 114 Å². The minimum absolute atomic E-state index is 0. The molecule has 1 unspecified atom stereocenters. The average Bonchev–Trinajstić information content (AvgIpc) is 3.15. The van der Waals surface area contributed by atoms with E-state index in [-0.39, 0.29) is 18.5 Å². The van der Waals surface area contributed by atoms with Gasteiger partial charge in [-0.25, -0.2) is 4.98 Å². The van der Waals surface area contributed by atoms with Crippen LogP contribution in [0.4, 0.5) is 0 Å². The van der Waals surface area contributed by atoms with E-state index in [1.807, 2.05) is 42.3 Å². The van der Waals surface area contributed by atoms with Gasteiger partial charge in [-0.15, -0.1) is 12.4 Å². The topological polar surface area (TPSA) is 27.1 Å². The van der Waals surface area contributed by atoms with Gasteiger partial charge < -0.3 is 9.30 Å². The molecule has 0 aliphatic carbocycles. The number of aryl methyl sites for hydroxylation is 2. The maximum absolute atomic E-state index is 6.40. The Morgan fingerprint density at radius 2 is 1.69 bits per heavy atom. The standard InChI is InChI=1S/C25H24N2O.ClH/c1-19-9-6-7-14-23(19)21-12-8-13-22(15-21)25(24-16-26-18-27(24)2)28-17-20-10-4-3-5-11-20;/h3-16,18,25H,17H2,1-2H3;1H. The van der Waals surface area contributed by atoms with Gasteiger partial charge in [0.1, 0.15) is 6.10 Å². The molecule has 0 saturated heterocycles. The van der Waals surface area contributed by atoms with Crippen LogP contribution in [0.5, 0.6) is 0 Å². The minimum atomic E-state index is -0.184. The van der Waals surface area contributed by atoms with Crippen LogP contribution in [0, 0.1) is 6.92 Å². The van der Waals surface area contributed by atoms with Crippen molar-refractivity contribution in [2.24, 2.45) is 7.05 Å². The Morgan fingerprint density at radius 1 is 0.931 bits per heavy atom. The van der Waals surface area contributed by atoms with Gasteiger partial charge in [-0.05, 0) is 40.8 Å². The van der Waals surface area contributed by atoms with Gasteiger partial charge in [0.05, 0.1) is 24.8 Å². The fraction of sp³-hybridized carbons (Fsp3) is 0.160. The summed E-state index contributed by atoms with van der Waals surface area (Å²) in [5.74, 6) is 0. The molecule has 3 aromatic carbocycles. The number of imidazole rings is 1. The molecule has 148 valence electrons.